The van der Waals surface area contributed by atoms with Crippen molar-refractivity contribution in [3.05, 3.63) is 54.4 Å². The Morgan fingerprint density at radius 1 is 1.03 bits per heavy atom. The molecule has 36 heavy (non-hydrogen) atoms. The number of hydrogen-bond acceptors (Lipinski definition) is 12. The van der Waals surface area contributed by atoms with Crippen LogP contribution in [0.2, 0.25) is 0 Å². The van der Waals surface area contributed by atoms with E-state index in [0.29, 0.717) is 0 Å². The maximum atomic E-state index is 13.0. The first-order valence-electron chi connectivity index (χ1n) is 10.5. The molecule has 16 nitrogen and oxygen atoms in total. The molecule has 2 aromatic rings. The first-order valence-corrected chi connectivity index (χ1v) is 10.5. The number of nitrogens with zero attached hydrogens (tertiary/aromatic N) is 6. The Morgan fingerprint density at radius 2 is 1.58 bits per heavy atom. The van der Waals surface area contributed by atoms with Gasteiger partial charge in [0.25, 0.3) is 11.4 Å². The summed E-state index contributed by atoms with van der Waals surface area (Å²) in [6, 6.07) is 0.490. The van der Waals surface area contributed by atoms with Crippen LogP contribution < -0.4 is 10.1 Å². The highest BCUT2D eigenvalue weighted by atomic mass is 16.6. The number of aromatic nitrogens is 3. The topological polar surface area (TPSA) is 216 Å². The van der Waals surface area contributed by atoms with E-state index in [2.05, 4.69) is 15.4 Å². The maximum Gasteiger partial charge on any atom is 0.319 e. The van der Waals surface area contributed by atoms with Gasteiger partial charge < -0.3 is 10.1 Å². The quantitative estimate of drug-likeness (QED) is 0.343. The number of anilines is 1. The van der Waals surface area contributed by atoms with Gasteiger partial charge in [-0.3, -0.25) is 39.9 Å². The van der Waals surface area contributed by atoms with Crippen LogP contribution in [-0.4, -0.2) is 48.2 Å². The Bertz CT molecular complexity index is 1320. The highest BCUT2D eigenvalue weighted by Gasteiger charge is 2.50. The van der Waals surface area contributed by atoms with Crippen molar-refractivity contribution in [2.24, 2.45) is 11.3 Å². The van der Waals surface area contributed by atoms with E-state index in [1.165, 1.54) is 0 Å². The molecule has 0 radical (unpaired) electrons. The zero-order valence-electron chi connectivity index (χ0n) is 19.2. The third-order valence-corrected chi connectivity index (χ3v) is 5.98. The number of hydrogen-bond donors (Lipinski definition) is 1. The predicted octanol–water partition coefficient (Wildman–Crippen LogP) is 2.43. The van der Waals surface area contributed by atoms with E-state index in [4.69, 9.17) is 4.74 Å². The minimum atomic E-state index is -1.43. The third-order valence-electron chi connectivity index (χ3n) is 5.98. The number of nitrogens with one attached hydrogen (secondary N) is 1. The Kier molecular flexibility index (Phi) is 5.74. The van der Waals surface area contributed by atoms with E-state index >= 15 is 0 Å². The van der Waals surface area contributed by atoms with Crippen molar-refractivity contribution < 1.29 is 29.1 Å². The average Bonchev–Trinajstić information content (AvgIpc) is 3.21. The number of carbonyl (C=O) groups is 2. The summed E-state index contributed by atoms with van der Waals surface area (Å²) >= 11 is 0. The zero-order valence-corrected chi connectivity index (χ0v) is 19.2. The molecule has 16 heteroatoms. The number of allylic oxidation sites excluding steroid dienone is 1. The summed E-state index contributed by atoms with van der Waals surface area (Å²) in [5, 5.41) is 41.6. The second-order valence-corrected chi connectivity index (χ2v) is 9.11. The number of carbonyl (C=O) groups excluding carboxylic acids is 2. The number of benzene rings is 1. The van der Waals surface area contributed by atoms with Gasteiger partial charge in [0, 0.05) is 30.5 Å². The molecule has 1 aromatic heterocycles. The lowest BCUT2D eigenvalue weighted by atomic mass is 9.69. The highest BCUT2D eigenvalue weighted by molar-refractivity contribution is 6.06. The van der Waals surface area contributed by atoms with Gasteiger partial charge in [-0.1, -0.05) is 13.8 Å². The molecule has 0 bridgehead atoms. The van der Waals surface area contributed by atoms with E-state index in [-0.39, 0.29) is 30.2 Å². The van der Waals surface area contributed by atoms with Crippen molar-refractivity contribution in [3.8, 4) is 17.1 Å². The summed E-state index contributed by atoms with van der Waals surface area (Å²) in [4.78, 5) is 62.4. The Hall–Kier alpha value is -4.76. The van der Waals surface area contributed by atoms with Crippen LogP contribution in [0.25, 0.3) is 11.4 Å². The average molecular weight is 501 g/mol. The first kappa shape index (κ1) is 24.4. The summed E-state index contributed by atoms with van der Waals surface area (Å²) in [5.74, 6) is -3.31. The minimum Gasteiger partial charge on any atom is -0.485 e. The van der Waals surface area contributed by atoms with Crippen molar-refractivity contribution in [3.63, 3.8) is 0 Å². The van der Waals surface area contributed by atoms with Gasteiger partial charge in [0.2, 0.25) is 5.95 Å². The smallest absolute Gasteiger partial charge is 0.319 e. The second kappa shape index (κ2) is 8.47. The normalized spacial score (nSPS) is 19.2. The molecule has 1 unspecified atom stereocenters. The van der Waals surface area contributed by atoms with Crippen molar-refractivity contribution in [2.45, 2.75) is 32.7 Å². The molecule has 2 heterocycles. The Labute approximate surface area is 201 Å². The van der Waals surface area contributed by atoms with Crippen LogP contribution in [0.15, 0.2) is 24.0 Å². The van der Waals surface area contributed by atoms with Gasteiger partial charge in [-0.25, -0.2) is 4.68 Å². The molecule has 0 amide bonds. The van der Waals surface area contributed by atoms with Crippen molar-refractivity contribution in [1.29, 1.82) is 0 Å². The molecule has 1 N–H and O–H groups in total. The minimum absolute atomic E-state index is 0.0199. The van der Waals surface area contributed by atoms with Crippen LogP contribution >= 0.6 is 0 Å². The van der Waals surface area contributed by atoms with Crippen molar-refractivity contribution in [2.75, 3.05) is 12.4 Å². The molecule has 1 aliphatic heterocycles. The lowest BCUT2D eigenvalue weighted by Gasteiger charge is -2.35. The molecule has 4 rings (SSSR count). The van der Waals surface area contributed by atoms with Crippen LogP contribution in [0.5, 0.6) is 5.75 Å². The molecule has 0 spiro atoms. The second-order valence-electron chi connectivity index (χ2n) is 9.11. The third kappa shape index (κ3) is 4.01. The molecule has 0 saturated heterocycles. The molecule has 1 fully saturated rings. The van der Waals surface area contributed by atoms with Crippen LogP contribution in [0.4, 0.5) is 17.3 Å². The van der Waals surface area contributed by atoms with Gasteiger partial charge in [-0.05, 0) is 5.41 Å². The summed E-state index contributed by atoms with van der Waals surface area (Å²) in [7, 11) is 1.04. The molecule has 188 valence electrons. The lowest BCUT2D eigenvalue weighted by Crippen LogP contribution is -2.44. The van der Waals surface area contributed by atoms with Crippen molar-refractivity contribution >= 4 is 28.9 Å². The van der Waals surface area contributed by atoms with Gasteiger partial charge in [-0.2, -0.15) is 4.98 Å². The lowest BCUT2D eigenvalue weighted by molar-refractivity contribution is -0.434. The predicted molar refractivity (Wildman–Crippen MR) is 120 cm³/mol. The highest BCUT2D eigenvalue weighted by Crippen LogP contribution is 2.44. The first-order chi connectivity index (χ1) is 16.8. The summed E-state index contributed by atoms with van der Waals surface area (Å²) in [5.41, 5.74) is -2.70. The summed E-state index contributed by atoms with van der Waals surface area (Å²) in [6.07, 6.45) is 1.04. The van der Waals surface area contributed by atoms with Gasteiger partial charge in [-0.15, -0.1) is 5.10 Å². The van der Waals surface area contributed by atoms with Crippen LogP contribution in [0.3, 0.4) is 0 Å². The molecular formula is C20H19N7O9. The van der Waals surface area contributed by atoms with Crippen LogP contribution in [-0.2, 0) is 9.59 Å². The molecular weight excluding hydrogens is 482 g/mol. The van der Waals surface area contributed by atoms with Gasteiger partial charge in [0.05, 0.1) is 28.1 Å². The van der Waals surface area contributed by atoms with Gasteiger partial charge in [0.15, 0.2) is 11.9 Å². The van der Waals surface area contributed by atoms with Crippen LogP contribution in [0.1, 0.15) is 32.7 Å². The molecule has 1 saturated carbocycles. The number of Topliss-reactive ketones (excluding diaryl/α,β-unsaturated/α-hetero) is 2. The molecule has 1 atom stereocenters. The van der Waals surface area contributed by atoms with Gasteiger partial charge >= 0.3 is 11.4 Å². The molecule has 1 aliphatic carbocycles. The number of ketones is 2. The Balaban J connectivity index is 1.87. The van der Waals surface area contributed by atoms with Crippen molar-refractivity contribution in [1.82, 2.24) is 14.8 Å². The number of ether oxygens (including phenoxy) is 1. The molecule has 1 aromatic carbocycles. The fourth-order valence-electron chi connectivity index (χ4n) is 4.53. The number of rotatable bonds is 6. The largest absolute Gasteiger partial charge is 0.485 e. The number of methoxy groups -OCH3 is 1. The summed E-state index contributed by atoms with van der Waals surface area (Å²) < 4.78 is 5.84. The zero-order chi connectivity index (χ0) is 26.5. The van der Waals surface area contributed by atoms with E-state index in [0.717, 1.165) is 30.1 Å². The standard InChI is InChI=1S/C20H19N7O9/c1-20(2)6-13(28)15(14(29)7-20)16-12(27(34)35)8-21-19-22-18(23-24(16)19)9-4-10(25(30)31)17(36-3)11(5-9)26(32)33/h4-5,8,15-16H,6-7H2,1-3H3,(H,21,22,23). The number of nitro groups is 3. The fourth-order valence-corrected chi connectivity index (χ4v) is 4.53. The van der Waals surface area contributed by atoms with E-state index in [9.17, 15) is 39.9 Å². The molecule has 2 aliphatic rings. The maximum absolute atomic E-state index is 13.0. The van der Waals surface area contributed by atoms with E-state index in [1.54, 1.807) is 13.8 Å². The monoisotopic (exact) mass is 501 g/mol. The van der Waals surface area contributed by atoms with E-state index in [1.807, 2.05) is 0 Å². The number of fused-ring (bicyclic) bond motifs is 1. The number of nitro benzene ring substituents is 2. The Morgan fingerprint density at radius 3 is 2.06 bits per heavy atom. The van der Waals surface area contributed by atoms with E-state index < -0.39 is 66.5 Å². The summed E-state index contributed by atoms with van der Waals surface area (Å²) in [6.45, 7) is 3.49. The fraction of sp³-hybridized carbons (Fsp3) is 0.400. The van der Waals surface area contributed by atoms with Gasteiger partial charge in [0.1, 0.15) is 17.5 Å². The SMILES string of the molecule is COc1c([N+](=O)[O-])cc(-c2nc3n(n2)C(C2C(=O)CC(C)(C)CC2=O)C([N+](=O)[O-])=CN3)cc1[N+](=O)[O-]. The van der Waals surface area contributed by atoms with Crippen LogP contribution in [0, 0.1) is 41.7 Å².